The van der Waals surface area contributed by atoms with Crippen molar-refractivity contribution in [1.29, 1.82) is 0 Å². The van der Waals surface area contributed by atoms with E-state index in [-0.39, 0.29) is 15.4 Å². The lowest BCUT2D eigenvalue weighted by atomic mass is 10.7. The van der Waals surface area contributed by atoms with Gasteiger partial charge in [-0.05, 0) is 0 Å². The van der Waals surface area contributed by atoms with Gasteiger partial charge in [-0.15, -0.1) is 10.2 Å². The molecule has 1 atom stereocenters. The topological polar surface area (TPSA) is 112 Å². The molecular formula is C6H7N3O4S2. The van der Waals surface area contributed by atoms with Gasteiger partial charge in [0.2, 0.25) is 16.5 Å². The molecular weight excluding hydrogens is 242 g/mol. The van der Waals surface area contributed by atoms with E-state index in [9.17, 15) is 9.59 Å². The number of carboxylic acid groups (broad SMARTS) is 1. The maximum absolute atomic E-state index is 10.6. The average molecular weight is 249 g/mol. The van der Waals surface area contributed by atoms with Gasteiger partial charge in [0.15, 0.2) is 4.34 Å². The Morgan fingerprint density at radius 1 is 1.53 bits per heavy atom. The van der Waals surface area contributed by atoms with Crippen LogP contribution in [0.3, 0.4) is 0 Å². The van der Waals surface area contributed by atoms with Crippen LogP contribution in [0, 0.1) is 0 Å². The highest BCUT2D eigenvalue weighted by molar-refractivity contribution is 8.02. The lowest BCUT2D eigenvalue weighted by Crippen LogP contribution is -2.14. The van der Waals surface area contributed by atoms with Gasteiger partial charge in [-0.3, -0.25) is 4.79 Å². The lowest BCUT2D eigenvalue weighted by Gasteiger charge is -1.99. The maximum atomic E-state index is 10.6. The summed E-state index contributed by atoms with van der Waals surface area (Å²) in [4.78, 5) is 20.9. The highest BCUT2D eigenvalue weighted by atomic mass is 32.2. The third-order valence-electron chi connectivity index (χ3n) is 1.11. The molecule has 1 heterocycles. The number of aliphatic hydroxyl groups excluding tert-OH is 1. The van der Waals surface area contributed by atoms with Crippen molar-refractivity contribution in [1.82, 2.24) is 10.2 Å². The first-order valence-electron chi connectivity index (χ1n) is 3.67. The predicted molar refractivity (Wildman–Crippen MR) is 53.7 cm³/mol. The molecule has 0 saturated heterocycles. The van der Waals surface area contributed by atoms with Gasteiger partial charge in [-0.2, -0.15) is 0 Å². The Labute approximate surface area is 92.5 Å². The summed E-state index contributed by atoms with van der Waals surface area (Å²) < 4.78 is 0.272. The van der Waals surface area contributed by atoms with E-state index in [0.717, 1.165) is 11.3 Å². The van der Waals surface area contributed by atoms with Crippen molar-refractivity contribution < 1.29 is 19.8 Å². The summed E-state index contributed by atoms with van der Waals surface area (Å²) in [5, 5.41) is 27.2. The molecule has 0 aliphatic rings. The second-order valence-electron chi connectivity index (χ2n) is 2.36. The molecule has 0 spiro atoms. The molecule has 0 aliphatic heterocycles. The number of nitrogens with one attached hydrogen (secondary N) is 1. The van der Waals surface area contributed by atoms with E-state index in [0.29, 0.717) is 11.8 Å². The Hall–Kier alpha value is -1.19. The van der Waals surface area contributed by atoms with Crippen LogP contribution >= 0.6 is 23.1 Å². The van der Waals surface area contributed by atoms with Crippen LogP contribution in [0.5, 0.6) is 0 Å². The van der Waals surface area contributed by atoms with E-state index in [1.807, 2.05) is 0 Å². The molecule has 1 aromatic heterocycles. The fourth-order valence-corrected chi connectivity index (χ4v) is 2.21. The van der Waals surface area contributed by atoms with E-state index in [2.05, 4.69) is 15.5 Å². The van der Waals surface area contributed by atoms with Gasteiger partial charge in [-0.1, -0.05) is 23.1 Å². The highest BCUT2D eigenvalue weighted by Gasteiger charge is 2.17. The molecule has 3 N–H and O–H groups in total. The van der Waals surface area contributed by atoms with Crippen molar-refractivity contribution >= 4 is 40.1 Å². The summed E-state index contributed by atoms with van der Waals surface area (Å²) >= 11 is 1.64. The van der Waals surface area contributed by atoms with Gasteiger partial charge in [-0.25, -0.2) is 4.79 Å². The molecule has 0 radical (unpaired) electrons. The lowest BCUT2D eigenvalue weighted by molar-refractivity contribution is -0.141. The highest BCUT2D eigenvalue weighted by Crippen LogP contribution is 2.27. The SMILES string of the molecule is CC(=O)Nc1nnc(SC(O)C(=O)O)s1. The zero-order valence-electron chi connectivity index (χ0n) is 7.50. The first-order valence-corrected chi connectivity index (χ1v) is 5.37. The number of thioether (sulfide) groups is 1. The standard InChI is InChI=1S/C6H7N3O4S2/c1-2(10)7-5-8-9-6(15-5)14-4(13)3(11)12/h4,13H,1H3,(H,11,12)(H,7,8,10). The molecule has 0 bridgehead atoms. The van der Waals surface area contributed by atoms with E-state index < -0.39 is 11.4 Å². The minimum absolute atomic E-state index is 0.266. The summed E-state index contributed by atoms with van der Waals surface area (Å²) in [6, 6.07) is 0. The number of carboxylic acids is 1. The molecule has 1 rings (SSSR count). The van der Waals surface area contributed by atoms with Gasteiger partial charge in [0.25, 0.3) is 0 Å². The molecule has 82 valence electrons. The first kappa shape index (κ1) is 11.9. The number of carbonyl (C=O) groups is 2. The van der Waals surface area contributed by atoms with Crippen molar-refractivity contribution in [2.24, 2.45) is 0 Å². The van der Waals surface area contributed by atoms with Crippen LogP contribution in [0.25, 0.3) is 0 Å². The van der Waals surface area contributed by atoms with E-state index >= 15 is 0 Å². The van der Waals surface area contributed by atoms with Gasteiger partial charge < -0.3 is 15.5 Å². The second-order valence-corrected chi connectivity index (χ2v) is 4.67. The number of anilines is 1. The molecule has 9 heteroatoms. The van der Waals surface area contributed by atoms with E-state index in [4.69, 9.17) is 10.2 Å². The number of rotatable bonds is 4. The van der Waals surface area contributed by atoms with Gasteiger partial charge in [0.05, 0.1) is 0 Å². The third kappa shape index (κ3) is 3.81. The van der Waals surface area contributed by atoms with Crippen LogP contribution < -0.4 is 5.32 Å². The number of nitrogens with zero attached hydrogens (tertiary/aromatic N) is 2. The molecule has 7 nitrogen and oxygen atoms in total. The second kappa shape index (κ2) is 5.05. The Bertz CT molecular complexity index is 380. The number of carbonyl (C=O) groups excluding carboxylic acids is 1. The molecule has 0 fully saturated rings. The minimum atomic E-state index is -1.58. The van der Waals surface area contributed by atoms with Crippen LogP contribution in [-0.4, -0.2) is 37.7 Å². The Morgan fingerprint density at radius 3 is 2.73 bits per heavy atom. The summed E-state index contributed by atoms with van der Waals surface area (Å²) in [6.45, 7) is 1.32. The smallest absolute Gasteiger partial charge is 0.343 e. The largest absolute Gasteiger partial charge is 0.479 e. The van der Waals surface area contributed by atoms with Crippen LogP contribution in [0.1, 0.15) is 6.92 Å². The monoisotopic (exact) mass is 249 g/mol. The Morgan fingerprint density at radius 2 is 2.20 bits per heavy atom. The van der Waals surface area contributed by atoms with Crippen molar-refractivity contribution in [2.75, 3.05) is 5.32 Å². The van der Waals surface area contributed by atoms with Crippen LogP contribution in [-0.2, 0) is 9.59 Å². The summed E-state index contributed by atoms with van der Waals surface area (Å²) in [6.07, 6.45) is 0. The fraction of sp³-hybridized carbons (Fsp3) is 0.333. The number of hydrogen-bond donors (Lipinski definition) is 3. The zero-order chi connectivity index (χ0) is 11.4. The van der Waals surface area contributed by atoms with Crippen LogP contribution in [0.4, 0.5) is 5.13 Å². The molecule has 0 aliphatic carbocycles. The van der Waals surface area contributed by atoms with Gasteiger partial charge in [0.1, 0.15) is 0 Å². The van der Waals surface area contributed by atoms with Crippen LogP contribution in [0.2, 0.25) is 0 Å². The minimum Gasteiger partial charge on any atom is -0.479 e. The van der Waals surface area contributed by atoms with Crippen molar-refractivity contribution in [3.05, 3.63) is 0 Å². The number of amides is 1. The Kier molecular flexibility index (Phi) is 4.00. The summed E-state index contributed by atoms with van der Waals surface area (Å²) in [5.74, 6) is -1.64. The Balaban J connectivity index is 2.60. The van der Waals surface area contributed by atoms with Crippen molar-refractivity contribution in [3.8, 4) is 0 Å². The first-order chi connectivity index (χ1) is 6.99. The average Bonchev–Trinajstić information content (AvgIpc) is 2.51. The molecule has 0 saturated carbocycles. The van der Waals surface area contributed by atoms with Crippen molar-refractivity contribution in [2.45, 2.75) is 16.7 Å². The molecule has 1 amide bonds. The summed E-state index contributed by atoms with van der Waals surface area (Å²) in [5.41, 5.74) is -1.58. The fourth-order valence-electron chi connectivity index (χ4n) is 0.604. The van der Waals surface area contributed by atoms with Gasteiger partial charge >= 0.3 is 5.97 Å². The molecule has 0 aromatic carbocycles. The quantitative estimate of drug-likeness (QED) is 0.391. The molecule has 15 heavy (non-hydrogen) atoms. The van der Waals surface area contributed by atoms with E-state index in [1.54, 1.807) is 0 Å². The maximum Gasteiger partial charge on any atom is 0.343 e. The number of aliphatic hydroxyl groups is 1. The third-order valence-corrected chi connectivity index (χ3v) is 2.99. The summed E-state index contributed by atoms with van der Waals surface area (Å²) in [7, 11) is 0. The predicted octanol–water partition coefficient (Wildman–Crippen LogP) is -0.00840. The number of aliphatic carboxylic acids is 1. The number of hydrogen-bond acceptors (Lipinski definition) is 7. The van der Waals surface area contributed by atoms with Crippen LogP contribution in [0.15, 0.2) is 4.34 Å². The van der Waals surface area contributed by atoms with E-state index in [1.165, 1.54) is 6.92 Å². The normalized spacial score (nSPS) is 12.1. The zero-order valence-corrected chi connectivity index (χ0v) is 9.13. The number of aromatic nitrogens is 2. The van der Waals surface area contributed by atoms with Gasteiger partial charge in [0, 0.05) is 6.92 Å². The van der Waals surface area contributed by atoms with Crippen molar-refractivity contribution in [3.63, 3.8) is 0 Å². The molecule has 1 aromatic rings. The molecule has 1 unspecified atom stereocenters.